The zero-order valence-electron chi connectivity index (χ0n) is 18.9. The molecule has 0 saturated heterocycles. The van der Waals surface area contributed by atoms with Gasteiger partial charge >= 0.3 is 0 Å². The van der Waals surface area contributed by atoms with Gasteiger partial charge in [-0.3, -0.25) is 4.99 Å². The summed E-state index contributed by atoms with van der Waals surface area (Å²) in [7, 11) is 3.47. The van der Waals surface area contributed by atoms with E-state index in [0.717, 1.165) is 56.5 Å². The number of ether oxygens (including phenoxy) is 2. The SMILES string of the molecule is CCOc1cc(CCCNC(=NC)NCc2ccc(N3CC=CC3)cc2)ccc1OC. The van der Waals surface area contributed by atoms with Crippen LogP contribution in [0.5, 0.6) is 11.5 Å². The van der Waals surface area contributed by atoms with Gasteiger partial charge in [-0.1, -0.05) is 30.4 Å². The van der Waals surface area contributed by atoms with E-state index in [1.807, 2.05) is 13.0 Å². The first-order chi connectivity index (χ1) is 15.2. The molecule has 0 spiro atoms. The number of hydrogen-bond donors (Lipinski definition) is 2. The van der Waals surface area contributed by atoms with Gasteiger partial charge in [0, 0.05) is 38.9 Å². The molecule has 1 aliphatic rings. The van der Waals surface area contributed by atoms with Crippen LogP contribution in [0.3, 0.4) is 0 Å². The van der Waals surface area contributed by atoms with Crippen molar-refractivity contribution in [2.24, 2.45) is 4.99 Å². The van der Waals surface area contributed by atoms with E-state index in [9.17, 15) is 0 Å². The van der Waals surface area contributed by atoms with E-state index in [2.05, 4.69) is 69.1 Å². The standard InChI is InChI=1S/C25H34N4O2/c1-4-31-24-18-20(11-14-23(24)30-3)8-7-15-27-25(26-2)28-19-21-9-12-22(13-10-21)29-16-5-6-17-29/h5-6,9-14,18H,4,7-8,15-17,19H2,1-3H3,(H2,26,27,28). The van der Waals surface area contributed by atoms with E-state index in [-0.39, 0.29) is 0 Å². The molecular weight excluding hydrogens is 388 g/mol. The predicted molar refractivity (Wildman–Crippen MR) is 128 cm³/mol. The van der Waals surface area contributed by atoms with E-state index in [0.29, 0.717) is 6.61 Å². The number of benzene rings is 2. The maximum Gasteiger partial charge on any atom is 0.191 e. The summed E-state index contributed by atoms with van der Waals surface area (Å²) in [5.41, 5.74) is 3.74. The van der Waals surface area contributed by atoms with E-state index in [1.165, 1.54) is 16.8 Å². The summed E-state index contributed by atoms with van der Waals surface area (Å²) in [6.07, 6.45) is 6.37. The number of aryl methyl sites for hydroxylation is 1. The van der Waals surface area contributed by atoms with Crippen molar-refractivity contribution in [3.63, 3.8) is 0 Å². The summed E-state index contributed by atoms with van der Waals surface area (Å²) < 4.78 is 11.0. The minimum Gasteiger partial charge on any atom is -0.493 e. The number of hydrogen-bond acceptors (Lipinski definition) is 4. The molecule has 0 saturated carbocycles. The average Bonchev–Trinajstić information content (AvgIpc) is 3.34. The topological polar surface area (TPSA) is 58.1 Å². The van der Waals surface area contributed by atoms with Crippen LogP contribution in [-0.2, 0) is 13.0 Å². The van der Waals surface area contributed by atoms with Crippen molar-refractivity contribution in [2.75, 3.05) is 45.3 Å². The van der Waals surface area contributed by atoms with Gasteiger partial charge in [-0.2, -0.15) is 0 Å². The Kier molecular flexibility index (Phi) is 8.64. The molecule has 3 rings (SSSR count). The summed E-state index contributed by atoms with van der Waals surface area (Å²) in [6, 6.07) is 14.9. The fourth-order valence-electron chi connectivity index (χ4n) is 3.56. The second-order valence-corrected chi connectivity index (χ2v) is 7.42. The Bertz CT molecular complexity index is 870. The van der Waals surface area contributed by atoms with E-state index in [4.69, 9.17) is 9.47 Å². The highest BCUT2D eigenvalue weighted by Gasteiger charge is 2.08. The van der Waals surface area contributed by atoms with Crippen LogP contribution in [-0.4, -0.2) is 46.4 Å². The highest BCUT2D eigenvalue weighted by molar-refractivity contribution is 5.79. The van der Waals surface area contributed by atoms with Gasteiger partial charge in [0.05, 0.1) is 13.7 Å². The van der Waals surface area contributed by atoms with Crippen molar-refractivity contribution >= 4 is 11.6 Å². The van der Waals surface area contributed by atoms with Crippen molar-refractivity contribution in [1.82, 2.24) is 10.6 Å². The number of nitrogens with one attached hydrogen (secondary N) is 2. The van der Waals surface area contributed by atoms with Gasteiger partial charge in [0.25, 0.3) is 0 Å². The third kappa shape index (κ3) is 6.67. The number of aliphatic imine (C=N–C) groups is 1. The van der Waals surface area contributed by atoms with Gasteiger partial charge in [-0.15, -0.1) is 0 Å². The maximum absolute atomic E-state index is 5.67. The predicted octanol–water partition coefficient (Wildman–Crippen LogP) is 3.77. The quantitative estimate of drug-likeness (QED) is 0.264. The van der Waals surface area contributed by atoms with Crippen LogP contribution in [0.15, 0.2) is 59.6 Å². The third-order valence-corrected chi connectivity index (χ3v) is 5.27. The molecule has 31 heavy (non-hydrogen) atoms. The van der Waals surface area contributed by atoms with Crippen LogP contribution >= 0.6 is 0 Å². The normalized spacial score (nSPS) is 13.4. The fourth-order valence-corrected chi connectivity index (χ4v) is 3.56. The lowest BCUT2D eigenvalue weighted by Gasteiger charge is -2.18. The second kappa shape index (κ2) is 11.9. The minimum atomic E-state index is 0.627. The Morgan fingerprint density at radius 2 is 1.74 bits per heavy atom. The van der Waals surface area contributed by atoms with Crippen LogP contribution in [0.1, 0.15) is 24.5 Å². The van der Waals surface area contributed by atoms with Crippen LogP contribution in [0.2, 0.25) is 0 Å². The van der Waals surface area contributed by atoms with E-state index >= 15 is 0 Å². The maximum atomic E-state index is 5.67. The molecule has 0 aromatic heterocycles. The van der Waals surface area contributed by atoms with Crippen LogP contribution in [0.4, 0.5) is 5.69 Å². The molecule has 0 atom stereocenters. The zero-order valence-corrected chi connectivity index (χ0v) is 18.9. The van der Waals surface area contributed by atoms with Crippen LogP contribution < -0.4 is 25.0 Å². The summed E-state index contributed by atoms with van der Waals surface area (Å²) in [5, 5.41) is 6.79. The lowest BCUT2D eigenvalue weighted by Crippen LogP contribution is -2.37. The number of anilines is 1. The zero-order chi connectivity index (χ0) is 21.9. The Labute approximate surface area is 186 Å². The van der Waals surface area contributed by atoms with Crippen LogP contribution in [0.25, 0.3) is 0 Å². The molecule has 2 aromatic carbocycles. The lowest BCUT2D eigenvalue weighted by atomic mass is 10.1. The Morgan fingerprint density at radius 3 is 2.42 bits per heavy atom. The summed E-state index contributed by atoms with van der Waals surface area (Å²) >= 11 is 0. The number of rotatable bonds is 10. The first-order valence-corrected chi connectivity index (χ1v) is 11.0. The minimum absolute atomic E-state index is 0.627. The molecule has 0 unspecified atom stereocenters. The summed E-state index contributed by atoms with van der Waals surface area (Å²) in [6.45, 7) is 6.19. The highest BCUT2D eigenvalue weighted by atomic mass is 16.5. The molecule has 0 amide bonds. The smallest absolute Gasteiger partial charge is 0.191 e. The van der Waals surface area contributed by atoms with Gasteiger partial charge in [-0.25, -0.2) is 0 Å². The van der Waals surface area contributed by atoms with Gasteiger partial charge < -0.3 is 25.0 Å². The molecule has 6 heteroatoms. The largest absolute Gasteiger partial charge is 0.493 e. The number of methoxy groups -OCH3 is 1. The fraction of sp³-hybridized carbons (Fsp3) is 0.400. The monoisotopic (exact) mass is 422 g/mol. The van der Waals surface area contributed by atoms with Gasteiger partial charge in [0.1, 0.15) is 0 Å². The van der Waals surface area contributed by atoms with E-state index < -0.39 is 0 Å². The average molecular weight is 423 g/mol. The molecule has 1 aliphatic heterocycles. The molecule has 0 fully saturated rings. The molecule has 0 radical (unpaired) electrons. The Hall–Kier alpha value is -3.15. The Balaban J connectivity index is 1.40. The molecule has 6 nitrogen and oxygen atoms in total. The lowest BCUT2D eigenvalue weighted by molar-refractivity contribution is 0.310. The van der Waals surface area contributed by atoms with Crippen molar-refractivity contribution in [1.29, 1.82) is 0 Å². The van der Waals surface area contributed by atoms with Gasteiger partial charge in [-0.05, 0) is 55.2 Å². The third-order valence-electron chi connectivity index (χ3n) is 5.27. The summed E-state index contributed by atoms with van der Waals surface area (Å²) in [5.74, 6) is 2.40. The molecule has 0 bridgehead atoms. The van der Waals surface area contributed by atoms with Crippen molar-refractivity contribution in [3.8, 4) is 11.5 Å². The van der Waals surface area contributed by atoms with Crippen molar-refractivity contribution in [2.45, 2.75) is 26.3 Å². The Morgan fingerprint density at radius 1 is 1.00 bits per heavy atom. The van der Waals surface area contributed by atoms with Crippen molar-refractivity contribution in [3.05, 3.63) is 65.7 Å². The van der Waals surface area contributed by atoms with Gasteiger partial charge in [0.2, 0.25) is 0 Å². The highest BCUT2D eigenvalue weighted by Crippen LogP contribution is 2.28. The first kappa shape index (κ1) is 22.5. The molecule has 2 aromatic rings. The molecular formula is C25H34N4O2. The molecule has 0 aliphatic carbocycles. The number of nitrogens with zero attached hydrogens (tertiary/aromatic N) is 2. The number of guanidine groups is 1. The molecule has 1 heterocycles. The van der Waals surface area contributed by atoms with Gasteiger partial charge in [0.15, 0.2) is 17.5 Å². The first-order valence-electron chi connectivity index (χ1n) is 11.0. The van der Waals surface area contributed by atoms with Crippen molar-refractivity contribution < 1.29 is 9.47 Å². The van der Waals surface area contributed by atoms with E-state index in [1.54, 1.807) is 14.2 Å². The molecule has 166 valence electrons. The molecule has 2 N–H and O–H groups in total. The van der Waals surface area contributed by atoms with Crippen LogP contribution in [0, 0.1) is 0 Å². The second-order valence-electron chi connectivity index (χ2n) is 7.42. The summed E-state index contributed by atoms with van der Waals surface area (Å²) in [4.78, 5) is 6.68.